The minimum Gasteiger partial charge on any atom is -0.466 e. The van der Waals surface area contributed by atoms with E-state index in [1.54, 1.807) is 0 Å². The van der Waals surface area contributed by atoms with Crippen LogP contribution >= 0.6 is 46.4 Å². The molecule has 6 heteroatoms. The van der Waals surface area contributed by atoms with Gasteiger partial charge in [-0.3, -0.25) is 4.79 Å². The highest BCUT2D eigenvalue weighted by Crippen LogP contribution is 2.20. The molecule has 0 aliphatic rings. The molecule has 0 bridgehead atoms. The zero-order valence-corrected chi connectivity index (χ0v) is 11.0. The standard InChI is InChI=1S/C6H12O2.C2Cl4/c1-3-5-6(7)8-4-2;3-1(4)2(5)6/h3-5H2,1-2H3;. The van der Waals surface area contributed by atoms with Crippen molar-refractivity contribution in [2.45, 2.75) is 26.7 Å². The van der Waals surface area contributed by atoms with Gasteiger partial charge in [0.25, 0.3) is 0 Å². The van der Waals surface area contributed by atoms with Crippen LogP contribution in [0, 0.1) is 0 Å². The average Bonchev–Trinajstić information content (AvgIpc) is 2.06. The molecule has 0 rings (SSSR count). The van der Waals surface area contributed by atoms with Crippen LogP contribution in [0.25, 0.3) is 0 Å². The van der Waals surface area contributed by atoms with E-state index in [-0.39, 0.29) is 15.0 Å². The van der Waals surface area contributed by atoms with Crippen LogP contribution in [-0.2, 0) is 9.53 Å². The van der Waals surface area contributed by atoms with Crippen molar-refractivity contribution in [1.82, 2.24) is 0 Å². The van der Waals surface area contributed by atoms with Crippen molar-refractivity contribution in [3.05, 3.63) is 8.98 Å². The van der Waals surface area contributed by atoms with Gasteiger partial charge in [-0.05, 0) is 13.3 Å². The number of carbonyl (C=O) groups is 1. The van der Waals surface area contributed by atoms with Crippen molar-refractivity contribution in [1.29, 1.82) is 0 Å². The number of esters is 1. The van der Waals surface area contributed by atoms with Crippen LogP contribution in [0.1, 0.15) is 26.7 Å². The third kappa shape index (κ3) is 14.9. The van der Waals surface area contributed by atoms with E-state index in [1.165, 1.54) is 0 Å². The number of hydrogen-bond donors (Lipinski definition) is 0. The molecule has 84 valence electrons. The Balaban J connectivity index is 0. The zero-order valence-electron chi connectivity index (χ0n) is 7.95. The first-order chi connectivity index (χ1) is 6.45. The van der Waals surface area contributed by atoms with Crippen LogP contribution in [0.2, 0.25) is 0 Å². The van der Waals surface area contributed by atoms with Crippen molar-refractivity contribution >= 4 is 52.4 Å². The maximum absolute atomic E-state index is 10.4. The summed E-state index contributed by atoms with van der Waals surface area (Å²) in [6.07, 6.45) is 1.42. The fourth-order valence-electron chi connectivity index (χ4n) is 0.437. The maximum Gasteiger partial charge on any atom is 0.305 e. The molecule has 0 heterocycles. The Hall–Kier alpha value is 0.370. The van der Waals surface area contributed by atoms with Gasteiger partial charge in [-0.25, -0.2) is 0 Å². The first-order valence-electron chi connectivity index (χ1n) is 3.97. The molecule has 0 aromatic heterocycles. The van der Waals surface area contributed by atoms with Gasteiger partial charge in [-0.15, -0.1) is 0 Å². The molecule has 0 saturated carbocycles. The smallest absolute Gasteiger partial charge is 0.305 e. The molecule has 0 amide bonds. The van der Waals surface area contributed by atoms with Gasteiger partial charge in [0.05, 0.1) is 6.61 Å². The fraction of sp³-hybridized carbons (Fsp3) is 0.625. The lowest BCUT2D eigenvalue weighted by atomic mass is 10.3. The molecule has 0 aliphatic heterocycles. The summed E-state index contributed by atoms with van der Waals surface area (Å²) < 4.78 is 4.45. The normalized spacial score (nSPS) is 8.43. The highest BCUT2D eigenvalue weighted by molar-refractivity contribution is 6.67. The van der Waals surface area contributed by atoms with E-state index in [0.717, 1.165) is 6.42 Å². The van der Waals surface area contributed by atoms with E-state index in [9.17, 15) is 4.79 Å². The molecule has 0 atom stereocenters. The highest BCUT2D eigenvalue weighted by atomic mass is 35.5. The Morgan fingerprint density at radius 1 is 1.07 bits per heavy atom. The molecule has 0 aliphatic carbocycles. The fourth-order valence-corrected chi connectivity index (χ4v) is 0.437. The topological polar surface area (TPSA) is 26.3 Å². The van der Waals surface area contributed by atoms with Crippen molar-refractivity contribution in [2.24, 2.45) is 0 Å². The third-order valence-electron chi connectivity index (χ3n) is 0.902. The molecule has 0 aromatic carbocycles. The van der Waals surface area contributed by atoms with Gasteiger partial charge in [0, 0.05) is 6.42 Å². The second-order valence-corrected chi connectivity index (χ2v) is 3.97. The van der Waals surface area contributed by atoms with Crippen molar-refractivity contribution in [2.75, 3.05) is 6.61 Å². The van der Waals surface area contributed by atoms with E-state index in [0.29, 0.717) is 13.0 Å². The molecule has 0 unspecified atom stereocenters. The minimum atomic E-state index is -0.0988. The van der Waals surface area contributed by atoms with E-state index in [1.807, 2.05) is 13.8 Å². The second kappa shape index (κ2) is 11.4. The van der Waals surface area contributed by atoms with Gasteiger partial charge in [0.1, 0.15) is 8.98 Å². The molecular formula is C8H12Cl4O2. The summed E-state index contributed by atoms with van der Waals surface area (Å²) in [5.41, 5.74) is 0. The molecule has 0 aromatic rings. The Labute approximate surface area is 104 Å². The van der Waals surface area contributed by atoms with Crippen molar-refractivity contribution in [3.63, 3.8) is 0 Å². The van der Waals surface area contributed by atoms with E-state index >= 15 is 0 Å². The lowest BCUT2D eigenvalue weighted by molar-refractivity contribution is -0.143. The largest absolute Gasteiger partial charge is 0.466 e. The summed E-state index contributed by atoms with van der Waals surface area (Å²) in [5.74, 6) is -0.0880. The van der Waals surface area contributed by atoms with Crippen LogP contribution in [0.5, 0.6) is 0 Å². The third-order valence-corrected chi connectivity index (χ3v) is 2.05. The average molecular weight is 282 g/mol. The first kappa shape index (κ1) is 16.8. The minimum absolute atomic E-state index is 0.0880. The summed E-state index contributed by atoms with van der Waals surface area (Å²) >= 11 is 20.0. The number of carbonyl (C=O) groups excluding carboxylic acids is 1. The Morgan fingerprint density at radius 2 is 1.50 bits per heavy atom. The predicted molar refractivity (Wildman–Crippen MR) is 62.0 cm³/mol. The van der Waals surface area contributed by atoms with Crippen molar-refractivity contribution < 1.29 is 9.53 Å². The quantitative estimate of drug-likeness (QED) is 0.716. The molecule has 0 saturated heterocycles. The number of rotatable bonds is 3. The molecule has 0 radical (unpaired) electrons. The van der Waals surface area contributed by atoms with Gasteiger partial charge >= 0.3 is 5.97 Å². The summed E-state index contributed by atoms with van der Waals surface area (Å²) in [7, 11) is 0. The van der Waals surface area contributed by atoms with Gasteiger partial charge in [-0.2, -0.15) is 0 Å². The van der Waals surface area contributed by atoms with Crippen molar-refractivity contribution in [3.8, 4) is 0 Å². The van der Waals surface area contributed by atoms with Gasteiger partial charge in [0.2, 0.25) is 0 Å². The molecule has 0 N–H and O–H groups in total. The highest BCUT2D eigenvalue weighted by Gasteiger charge is 1.95. The number of halogens is 4. The second-order valence-electron chi connectivity index (χ2n) is 2.08. The predicted octanol–water partition coefficient (Wildman–Crippen LogP) is 4.42. The summed E-state index contributed by atoms with van der Waals surface area (Å²) in [4.78, 5) is 10.4. The van der Waals surface area contributed by atoms with Crippen LogP contribution in [0.4, 0.5) is 0 Å². The van der Waals surface area contributed by atoms with Crippen LogP contribution in [0.15, 0.2) is 8.98 Å². The van der Waals surface area contributed by atoms with Crippen LogP contribution in [-0.4, -0.2) is 12.6 Å². The molecule has 2 nitrogen and oxygen atoms in total. The Bertz CT molecular complexity index is 166. The molecule has 0 fully saturated rings. The van der Waals surface area contributed by atoms with Gasteiger partial charge in [-0.1, -0.05) is 53.3 Å². The molecule has 14 heavy (non-hydrogen) atoms. The maximum atomic E-state index is 10.4. The number of ether oxygens (including phenoxy) is 1. The number of hydrogen-bond acceptors (Lipinski definition) is 2. The van der Waals surface area contributed by atoms with E-state index < -0.39 is 0 Å². The zero-order chi connectivity index (χ0) is 11.6. The van der Waals surface area contributed by atoms with E-state index in [2.05, 4.69) is 4.74 Å². The monoisotopic (exact) mass is 280 g/mol. The summed E-state index contributed by atoms with van der Waals surface area (Å²) in [5, 5.41) is 0. The lowest BCUT2D eigenvalue weighted by Crippen LogP contribution is -2.01. The molecular weight excluding hydrogens is 270 g/mol. The Morgan fingerprint density at radius 3 is 1.71 bits per heavy atom. The lowest BCUT2D eigenvalue weighted by Gasteiger charge is -1.96. The summed E-state index contributed by atoms with van der Waals surface area (Å²) in [6, 6.07) is 0. The first-order valence-corrected chi connectivity index (χ1v) is 5.48. The molecule has 0 spiro atoms. The Kier molecular flexibility index (Phi) is 13.7. The van der Waals surface area contributed by atoms with E-state index in [4.69, 9.17) is 46.4 Å². The SMILES string of the molecule is CCCC(=O)OCC.ClC(Cl)=C(Cl)Cl. The van der Waals surface area contributed by atoms with Gasteiger partial charge in [0.15, 0.2) is 0 Å². The van der Waals surface area contributed by atoms with Crippen LogP contribution < -0.4 is 0 Å². The van der Waals surface area contributed by atoms with Crippen LogP contribution in [0.3, 0.4) is 0 Å². The summed E-state index contributed by atoms with van der Waals surface area (Å²) in [6.45, 7) is 4.27. The van der Waals surface area contributed by atoms with Gasteiger partial charge < -0.3 is 4.74 Å².